The normalized spacial score (nSPS) is 14.1. The van der Waals surface area contributed by atoms with E-state index in [1.165, 1.54) is 24.1 Å². The van der Waals surface area contributed by atoms with Gasteiger partial charge >= 0.3 is 0 Å². The van der Waals surface area contributed by atoms with E-state index >= 15 is 0 Å². The summed E-state index contributed by atoms with van der Waals surface area (Å²) in [6.45, 7) is 3.48. The Balaban J connectivity index is 1.65. The van der Waals surface area contributed by atoms with Gasteiger partial charge in [0.15, 0.2) is 0 Å². The molecule has 5 heteroatoms. The number of carbonyl (C=O) groups is 2. The number of rotatable bonds is 4. The molecule has 0 unspecified atom stereocenters. The van der Waals surface area contributed by atoms with Gasteiger partial charge in [-0.1, -0.05) is 24.3 Å². The lowest BCUT2D eigenvalue weighted by atomic mass is 9.97. The molecule has 3 rings (SSSR count). The van der Waals surface area contributed by atoms with E-state index in [9.17, 15) is 9.59 Å². The van der Waals surface area contributed by atoms with Crippen LogP contribution in [-0.2, 0) is 22.6 Å². The number of likely N-dealkylation sites (N-methyl/N-ethyl adjacent to an activating group) is 1. The Bertz CT molecular complexity index is 858. The van der Waals surface area contributed by atoms with Gasteiger partial charge < -0.3 is 15.5 Å². The molecule has 0 radical (unpaired) electrons. The summed E-state index contributed by atoms with van der Waals surface area (Å²) in [7, 11) is 2.12. The summed E-state index contributed by atoms with van der Waals surface area (Å²) in [6, 6.07) is 13.4. The molecule has 2 amide bonds. The zero-order valence-corrected chi connectivity index (χ0v) is 15.1. The van der Waals surface area contributed by atoms with Crippen LogP contribution in [0.4, 0.5) is 11.4 Å². The summed E-state index contributed by atoms with van der Waals surface area (Å²) in [5.41, 5.74) is 5.01. The molecule has 0 aliphatic carbocycles. The molecule has 2 N–H and O–H groups in total. The van der Waals surface area contributed by atoms with Gasteiger partial charge in [0.25, 0.3) is 0 Å². The number of hydrogen-bond donors (Lipinski definition) is 2. The fraction of sp³-hybridized carbons (Fsp3) is 0.238. The standard InChI is InChI=1S/C21H23N3O2/c1-15(25)22-19-4-3-5-20(13-19)23-21(26)9-7-16-6-8-17-10-11-24(2)14-18(17)12-16/h3-9,12-13H,10-11,14H2,1-2H3,(H,22,25)(H,23,26). The molecule has 0 saturated carbocycles. The zero-order chi connectivity index (χ0) is 18.5. The largest absolute Gasteiger partial charge is 0.326 e. The number of nitrogens with one attached hydrogen (secondary N) is 2. The highest BCUT2D eigenvalue weighted by Crippen LogP contribution is 2.20. The lowest BCUT2D eigenvalue weighted by molar-refractivity contribution is -0.114. The third kappa shape index (κ3) is 4.80. The molecule has 0 spiro atoms. The van der Waals surface area contributed by atoms with Crippen LogP contribution in [0.5, 0.6) is 0 Å². The first kappa shape index (κ1) is 17.9. The molecular weight excluding hydrogens is 326 g/mol. The maximum atomic E-state index is 12.2. The maximum Gasteiger partial charge on any atom is 0.248 e. The number of fused-ring (bicyclic) bond motifs is 1. The van der Waals surface area contributed by atoms with Gasteiger partial charge in [-0.2, -0.15) is 0 Å². The van der Waals surface area contributed by atoms with Crippen molar-refractivity contribution in [2.45, 2.75) is 19.9 Å². The molecule has 0 fully saturated rings. The number of nitrogens with zero attached hydrogens (tertiary/aromatic N) is 1. The van der Waals surface area contributed by atoms with Gasteiger partial charge in [-0.3, -0.25) is 9.59 Å². The van der Waals surface area contributed by atoms with E-state index in [0.717, 1.165) is 25.1 Å². The average Bonchev–Trinajstić information content (AvgIpc) is 2.59. The van der Waals surface area contributed by atoms with Crippen molar-refractivity contribution in [3.8, 4) is 0 Å². The van der Waals surface area contributed by atoms with Crippen LogP contribution in [-0.4, -0.2) is 30.3 Å². The number of benzene rings is 2. The molecule has 1 heterocycles. The minimum absolute atomic E-state index is 0.147. The number of hydrogen-bond acceptors (Lipinski definition) is 3. The first-order chi connectivity index (χ1) is 12.5. The first-order valence-electron chi connectivity index (χ1n) is 8.67. The molecule has 0 bridgehead atoms. The summed E-state index contributed by atoms with van der Waals surface area (Å²) in [4.78, 5) is 25.6. The second-order valence-electron chi connectivity index (χ2n) is 6.60. The SMILES string of the molecule is CC(=O)Nc1cccc(NC(=O)C=Cc2ccc3c(c2)CN(C)CC3)c1. The topological polar surface area (TPSA) is 61.4 Å². The summed E-state index contributed by atoms with van der Waals surface area (Å²) in [6.07, 6.45) is 4.42. The van der Waals surface area contributed by atoms with E-state index in [-0.39, 0.29) is 11.8 Å². The van der Waals surface area contributed by atoms with Crippen molar-refractivity contribution in [1.29, 1.82) is 0 Å². The molecule has 2 aromatic rings. The van der Waals surface area contributed by atoms with Crippen LogP contribution in [0.3, 0.4) is 0 Å². The summed E-state index contributed by atoms with van der Waals surface area (Å²) >= 11 is 0. The van der Waals surface area contributed by atoms with Gasteiger partial charge in [0.2, 0.25) is 11.8 Å². The zero-order valence-electron chi connectivity index (χ0n) is 15.1. The third-order valence-corrected chi connectivity index (χ3v) is 4.31. The van der Waals surface area contributed by atoms with Crippen LogP contribution < -0.4 is 10.6 Å². The van der Waals surface area contributed by atoms with E-state index in [4.69, 9.17) is 0 Å². The summed E-state index contributed by atoms with van der Waals surface area (Å²) in [5.74, 6) is -0.355. The highest BCUT2D eigenvalue weighted by Gasteiger charge is 2.12. The fourth-order valence-electron chi connectivity index (χ4n) is 3.06. The van der Waals surface area contributed by atoms with E-state index in [0.29, 0.717) is 11.4 Å². The lowest BCUT2D eigenvalue weighted by Crippen LogP contribution is -2.26. The van der Waals surface area contributed by atoms with Gasteiger partial charge in [-0.15, -0.1) is 0 Å². The van der Waals surface area contributed by atoms with Crippen molar-refractivity contribution in [3.05, 3.63) is 65.2 Å². The number of amides is 2. The van der Waals surface area contributed by atoms with Crippen LogP contribution in [0, 0.1) is 0 Å². The number of anilines is 2. The second-order valence-corrected chi connectivity index (χ2v) is 6.60. The minimum Gasteiger partial charge on any atom is -0.326 e. The molecule has 2 aromatic carbocycles. The fourth-order valence-corrected chi connectivity index (χ4v) is 3.06. The molecule has 26 heavy (non-hydrogen) atoms. The van der Waals surface area contributed by atoms with Crippen molar-refractivity contribution in [1.82, 2.24) is 4.90 Å². The van der Waals surface area contributed by atoms with Gasteiger partial charge in [0.1, 0.15) is 0 Å². The first-order valence-corrected chi connectivity index (χ1v) is 8.67. The predicted molar refractivity (Wildman–Crippen MR) is 105 cm³/mol. The van der Waals surface area contributed by atoms with Crippen molar-refractivity contribution in [2.24, 2.45) is 0 Å². The van der Waals surface area contributed by atoms with Crippen LogP contribution in [0.1, 0.15) is 23.6 Å². The molecule has 0 atom stereocenters. The monoisotopic (exact) mass is 349 g/mol. The maximum absolute atomic E-state index is 12.2. The molecule has 5 nitrogen and oxygen atoms in total. The van der Waals surface area contributed by atoms with Crippen molar-refractivity contribution in [2.75, 3.05) is 24.2 Å². The Kier molecular flexibility index (Phi) is 5.49. The average molecular weight is 349 g/mol. The van der Waals surface area contributed by atoms with Gasteiger partial charge in [-0.25, -0.2) is 0 Å². The van der Waals surface area contributed by atoms with Crippen LogP contribution in [0.25, 0.3) is 6.08 Å². The lowest BCUT2D eigenvalue weighted by Gasteiger charge is -2.25. The predicted octanol–water partition coefficient (Wildman–Crippen LogP) is 3.28. The molecular formula is C21H23N3O2. The van der Waals surface area contributed by atoms with Gasteiger partial charge in [-0.05, 0) is 54.4 Å². The Hall–Kier alpha value is -2.92. The van der Waals surface area contributed by atoms with Crippen molar-refractivity contribution < 1.29 is 9.59 Å². The van der Waals surface area contributed by atoms with E-state index in [1.807, 2.05) is 12.1 Å². The van der Waals surface area contributed by atoms with Crippen LogP contribution >= 0.6 is 0 Å². The highest BCUT2D eigenvalue weighted by molar-refractivity contribution is 6.02. The van der Waals surface area contributed by atoms with E-state index in [2.05, 4.69) is 34.7 Å². The molecule has 1 aliphatic rings. The molecule has 1 aliphatic heterocycles. The summed E-state index contributed by atoms with van der Waals surface area (Å²) < 4.78 is 0. The smallest absolute Gasteiger partial charge is 0.248 e. The Labute approximate surface area is 153 Å². The molecule has 134 valence electrons. The molecule has 0 aromatic heterocycles. The Morgan fingerprint density at radius 2 is 1.81 bits per heavy atom. The minimum atomic E-state index is -0.209. The van der Waals surface area contributed by atoms with Crippen LogP contribution in [0.15, 0.2) is 48.5 Å². The van der Waals surface area contributed by atoms with Crippen LogP contribution in [0.2, 0.25) is 0 Å². The molecule has 0 saturated heterocycles. The van der Waals surface area contributed by atoms with Gasteiger partial charge in [0, 0.05) is 37.5 Å². The highest BCUT2D eigenvalue weighted by atomic mass is 16.2. The van der Waals surface area contributed by atoms with E-state index < -0.39 is 0 Å². The third-order valence-electron chi connectivity index (χ3n) is 4.31. The quantitative estimate of drug-likeness (QED) is 0.833. The van der Waals surface area contributed by atoms with Crippen molar-refractivity contribution in [3.63, 3.8) is 0 Å². The second kappa shape index (κ2) is 7.97. The van der Waals surface area contributed by atoms with Gasteiger partial charge in [0.05, 0.1) is 0 Å². The number of carbonyl (C=O) groups excluding carboxylic acids is 2. The van der Waals surface area contributed by atoms with Crippen molar-refractivity contribution >= 4 is 29.3 Å². The Morgan fingerprint density at radius 3 is 2.58 bits per heavy atom. The Morgan fingerprint density at radius 1 is 1.04 bits per heavy atom. The van der Waals surface area contributed by atoms with E-state index in [1.54, 1.807) is 24.3 Å². The summed E-state index contributed by atoms with van der Waals surface area (Å²) in [5, 5.41) is 5.51.